The van der Waals surface area contributed by atoms with Crippen LogP contribution in [0.25, 0.3) is 0 Å². The Hall–Kier alpha value is 0.279. The third kappa shape index (κ3) is 1470. The molecule has 0 saturated carbocycles. The summed E-state index contributed by atoms with van der Waals surface area (Å²) in [7, 11) is 0. The second-order valence-electron chi connectivity index (χ2n) is 0.905. The minimum absolute atomic E-state index is 7.34. The Labute approximate surface area is 38.8 Å². The van der Waals surface area contributed by atoms with Crippen molar-refractivity contribution in [1.82, 2.24) is 0 Å². The third-order valence-corrected chi connectivity index (χ3v) is 0. The van der Waals surface area contributed by atoms with Crippen LogP contribution >= 0.6 is 0 Å². The summed E-state index contributed by atoms with van der Waals surface area (Å²) < 4.78 is 44.1. The SMILES string of the molecule is [OH][Cu]([OH])([OH])([OH])([OH])[OH]. The Kier molecular flexibility index (Phi) is 0.780. The molecule has 0 atom stereocenters. The molecule has 53 valence electrons. The first-order valence-electron chi connectivity index (χ1n) is 0.809. The summed E-state index contributed by atoms with van der Waals surface area (Å²) in [6.07, 6.45) is 0. The van der Waals surface area contributed by atoms with E-state index in [2.05, 4.69) is 0 Å². The molecule has 6 N–H and O–H groups in total. The van der Waals surface area contributed by atoms with Crippen LogP contribution in [-0.4, -0.2) is 25.1 Å². The third-order valence-electron chi connectivity index (χ3n) is 0. The van der Waals surface area contributed by atoms with Crippen molar-refractivity contribution >= 4 is 0 Å². The molecule has 0 aromatic carbocycles. The van der Waals surface area contributed by atoms with Crippen LogP contribution in [0.5, 0.6) is 0 Å². The average molecular weight is 166 g/mol. The monoisotopic (exact) mass is 165 g/mol. The van der Waals surface area contributed by atoms with Gasteiger partial charge in [0.2, 0.25) is 0 Å². The van der Waals surface area contributed by atoms with Crippen molar-refractivity contribution in [1.29, 1.82) is 0 Å². The Morgan fingerprint density at radius 2 is 0.571 bits per heavy atom. The summed E-state index contributed by atoms with van der Waals surface area (Å²) in [5.41, 5.74) is 0. The normalized spacial score (nSPS) is 23.1. The van der Waals surface area contributed by atoms with Crippen LogP contribution in [0.2, 0.25) is 0 Å². The van der Waals surface area contributed by atoms with Crippen molar-refractivity contribution in [2.45, 2.75) is 0 Å². The maximum atomic E-state index is 7.34. The standard InChI is InChI=1S/Cu.6H2O/h;6*1H2/q+6;;;;;;/p-6. The van der Waals surface area contributed by atoms with Gasteiger partial charge in [-0.3, -0.25) is 0 Å². The van der Waals surface area contributed by atoms with Gasteiger partial charge in [0.15, 0.2) is 0 Å². The molecule has 0 saturated heterocycles. The summed E-state index contributed by atoms with van der Waals surface area (Å²) in [6.45, 7) is 0. The van der Waals surface area contributed by atoms with Crippen molar-refractivity contribution < 1.29 is 37.8 Å². The zero-order valence-corrected chi connectivity index (χ0v) is 3.93. The van der Waals surface area contributed by atoms with E-state index in [4.69, 9.17) is 25.1 Å². The molecular weight excluding hydrogens is 160 g/mol. The van der Waals surface area contributed by atoms with Gasteiger partial charge in [-0.25, -0.2) is 0 Å². The molecule has 0 fully saturated rings. The quantitative estimate of drug-likeness (QED) is 0.209. The molecule has 0 aliphatic rings. The molecule has 0 bridgehead atoms. The van der Waals surface area contributed by atoms with Gasteiger partial charge >= 0.3 is 37.8 Å². The molecule has 0 aromatic heterocycles. The molecular formula is H6CuO6. The molecule has 0 amide bonds. The fraction of sp³-hybridized carbons (Fsp3) is 0. The molecule has 0 aliphatic carbocycles. The molecule has 0 radical (unpaired) electrons. The van der Waals surface area contributed by atoms with Crippen LogP contribution in [0.4, 0.5) is 0 Å². The molecule has 0 aromatic rings. The summed E-state index contributed by atoms with van der Waals surface area (Å²) in [5, 5.41) is 0. The fourth-order valence-electron chi connectivity index (χ4n) is 0. The van der Waals surface area contributed by atoms with Crippen molar-refractivity contribution in [3.8, 4) is 0 Å². The van der Waals surface area contributed by atoms with Crippen LogP contribution in [0, 0.1) is 0 Å². The van der Waals surface area contributed by atoms with Gasteiger partial charge in [0.25, 0.3) is 0 Å². The number of rotatable bonds is 0. The van der Waals surface area contributed by atoms with Gasteiger partial charge < -0.3 is 0 Å². The van der Waals surface area contributed by atoms with Gasteiger partial charge in [-0.2, -0.15) is 0 Å². The first kappa shape index (κ1) is 7.28. The van der Waals surface area contributed by atoms with E-state index in [1.54, 1.807) is 0 Å². The van der Waals surface area contributed by atoms with Gasteiger partial charge in [0.05, 0.1) is 0 Å². The molecule has 0 rings (SSSR count). The van der Waals surface area contributed by atoms with E-state index in [1.165, 1.54) is 0 Å². The van der Waals surface area contributed by atoms with Gasteiger partial charge in [-0.1, -0.05) is 0 Å². The van der Waals surface area contributed by atoms with Crippen LogP contribution in [0.15, 0.2) is 0 Å². The van der Waals surface area contributed by atoms with E-state index in [-0.39, 0.29) is 0 Å². The first-order valence-corrected chi connectivity index (χ1v) is 3.34. The van der Waals surface area contributed by atoms with Gasteiger partial charge in [0, 0.05) is 0 Å². The molecule has 0 heterocycles. The van der Waals surface area contributed by atoms with Crippen LogP contribution in [-0.2, 0) is 12.7 Å². The molecule has 6 nitrogen and oxygen atoms in total. The number of hydrogen-bond acceptors (Lipinski definition) is 6. The zero-order chi connectivity index (χ0) is 6.41. The van der Waals surface area contributed by atoms with E-state index in [0.717, 1.165) is 0 Å². The van der Waals surface area contributed by atoms with Gasteiger partial charge in [-0.15, -0.1) is 0 Å². The summed E-state index contributed by atoms with van der Waals surface area (Å²) in [6, 6.07) is 0. The first-order chi connectivity index (χ1) is 2.45. The topological polar surface area (TPSA) is 121 Å². The minimum atomic E-state index is -7.44. The van der Waals surface area contributed by atoms with Crippen LogP contribution in [0.3, 0.4) is 0 Å². The Balaban J connectivity index is 4.43. The maximum absolute atomic E-state index is 7.44. The van der Waals surface area contributed by atoms with Gasteiger partial charge in [0.1, 0.15) is 0 Å². The Morgan fingerprint density at radius 1 is 0.571 bits per heavy atom. The van der Waals surface area contributed by atoms with Crippen molar-refractivity contribution in [3.63, 3.8) is 0 Å². The molecule has 0 unspecified atom stereocenters. The molecule has 7 heteroatoms. The van der Waals surface area contributed by atoms with E-state index in [1.807, 2.05) is 0 Å². The van der Waals surface area contributed by atoms with E-state index >= 15 is 0 Å². The molecule has 7 heavy (non-hydrogen) atoms. The van der Waals surface area contributed by atoms with Crippen molar-refractivity contribution in [3.05, 3.63) is 0 Å². The Morgan fingerprint density at radius 3 is 0.571 bits per heavy atom. The van der Waals surface area contributed by atoms with E-state index in [9.17, 15) is 0 Å². The van der Waals surface area contributed by atoms with Crippen molar-refractivity contribution in [2.75, 3.05) is 0 Å². The van der Waals surface area contributed by atoms with Crippen LogP contribution < -0.4 is 0 Å². The van der Waals surface area contributed by atoms with Crippen molar-refractivity contribution in [2.24, 2.45) is 0 Å². The summed E-state index contributed by atoms with van der Waals surface area (Å²) >= 11 is -7.44. The summed E-state index contributed by atoms with van der Waals surface area (Å²) in [4.78, 5) is 0. The predicted molar refractivity (Wildman–Crippen MR) is 13.3 cm³/mol. The van der Waals surface area contributed by atoms with E-state index in [0.29, 0.717) is 0 Å². The molecule has 0 aliphatic heterocycles. The van der Waals surface area contributed by atoms with E-state index < -0.39 is 12.7 Å². The summed E-state index contributed by atoms with van der Waals surface area (Å²) in [5.74, 6) is 0. The predicted octanol–water partition coefficient (Wildman–Crippen LogP) is -3.34. The fourth-order valence-corrected chi connectivity index (χ4v) is 0. The number of hydrogen-bond donors (Lipinski definition) is 6. The van der Waals surface area contributed by atoms with Crippen LogP contribution in [0.1, 0.15) is 0 Å². The average Bonchev–Trinajstić information content (AvgIpc) is 0.592. The molecule has 0 spiro atoms. The second-order valence-corrected chi connectivity index (χ2v) is 3.73. The zero-order valence-electron chi connectivity index (χ0n) is 2.98. The van der Waals surface area contributed by atoms with Gasteiger partial charge in [-0.05, 0) is 0 Å². The Bertz CT molecular complexity index is 62.7. The second kappa shape index (κ2) is 0.750.